The number of para-hydroxylation sites is 1. The molecule has 2 aromatic carbocycles. The predicted molar refractivity (Wildman–Crippen MR) is 116 cm³/mol. The van der Waals surface area contributed by atoms with Crippen LogP contribution in [0, 0.1) is 0 Å². The molecule has 2 heterocycles. The van der Waals surface area contributed by atoms with Crippen LogP contribution in [0.15, 0.2) is 66.9 Å². The molecule has 4 rings (SSSR count). The van der Waals surface area contributed by atoms with Crippen molar-refractivity contribution < 1.29 is 14.3 Å². The van der Waals surface area contributed by atoms with Crippen LogP contribution >= 0.6 is 0 Å². The molecule has 6 nitrogen and oxygen atoms in total. The third-order valence-corrected chi connectivity index (χ3v) is 5.04. The topological polar surface area (TPSA) is 71.5 Å². The standard InChI is InChI=1S/C24H23N3O3/c1-2-17-7-5-9-19(15-17)26-22(28)12-13-23(29)27-16-18-8-3-4-11-21(18)30-24-20(27)10-6-14-25-24/h3-11,14-15H,2,12-13,16H2,1H3,(H,26,28). The van der Waals surface area contributed by atoms with Crippen molar-refractivity contribution in [2.45, 2.75) is 32.7 Å². The number of nitrogens with zero attached hydrogens (tertiary/aromatic N) is 2. The molecule has 0 atom stereocenters. The first-order valence-electron chi connectivity index (χ1n) is 10.0. The lowest BCUT2D eigenvalue weighted by molar-refractivity contribution is -0.122. The monoisotopic (exact) mass is 401 g/mol. The minimum Gasteiger partial charge on any atom is -0.437 e. The number of anilines is 2. The van der Waals surface area contributed by atoms with Gasteiger partial charge in [-0.3, -0.25) is 9.59 Å². The van der Waals surface area contributed by atoms with Gasteiger partial charge in [-0.05, 0) is 42.3 Å². The number of carbonyl (C=O) groups is 2. The number of hydrogen-bond donors (Lipinski definition) is 1. The van der Waals surface area contributed by atoms with Crippen molar-refractivity contribution in [2.24, 2.45) is 0 Å². The minimum absolute atomic E-state index is 0.0931. The van der Waals surface area contributed by atoms with Gasteiger partial charge in [-0.1, -0.05) is 37.3 Å². The summed E-state index contributed by atoms with van der Waals surface area (Å²) in [5, 5.41) is 2.88. The van der Waals surface area contributed by atoms with Gasteiger partial charge in [0.25, 0.3) is 0 Å². The molecule has 1 aliphatic heterocycles. The number of amides is 2. The normalized spacial score (nSPS) is 12.2. The number of hydrogen-bond acceptors (Lipinski definition) is 4. The van der Waals surface area contributed by atoms with E-state index >= 15 is 0 Å². The molecule has 3 aromatic rings. The number of rotatable bonds is 5. The van der Waals surface area contributed by atoms with Gasteiger partial charge in [0, 0.05) is 30.3 Å². The van der Waals surface area contributed by atoms with Crippen LogP contribution in [0.1, 0.15) is 30.9 Å². The SMILES string of the molecule is CCc1cccc(NC(=O)CCC(=O)N2Cc3ccccc3Oc3ncccc32)c1. The summed E-state index contributed by atoms with van der Waals surface area (Å²) in [4.78, 5) is 31.4. The van der Waals surface area contributed by atoms with Crippen LogP contribution in [-0.4, -0.2) is 16.8 Å². The van der Waals surface area contributed by atoms with Crippen molar-refractivity contribution in [3.8, 4) is 11.6 Å². The van der Waals surface area contributed by atoms with Crippen molar-refractivity contribution in [3.05, 3.63) is 78.0 Å². The molecule has 1 aliphatic rings. The molecule has 0 bridgehead atoms. The maximum Gasteiger partial charge on any atom is 0.243 e. The fourth-order valence-corrected chi connectivity index (χ4v) is 3.43. The van der Waals surface area contributed by atoms with E-state index in [0.717, 1.165) is 23.2 Å². The van der Waals surface area contributed by atoms with Crippen LogP contribution in [0.4, 0.5) is 11.4 Å². The Morgan fingerprint density at radius 2 is 1.93 bits per heavy atom. The average molecular weight is 401 g/mol. The van der Waals surface area contributed by atoms with E-state index in [1.165, 1.54) is 0 Å². The smallest absolute Gasteiger partial charge is 0.243 e. The summed E-state index contributed by atoms with van der Waals surface area (Å²) < 4.78 is 5.92. The van der Waals surface area contributed by atoms with Gasteiger partial charge in [0.05, 0.1) is 6.54 Å². The highest BCUT2D eigenvalue weighted by Crippen LogP contribution is 2.37. The first-order chi connectivity index (χ1) is 14.6. The number of ether oxygens (including phenoxy) is 1. The summed E-state index contributed by atoms with van der Waals surface area (Å²) in [6, 6.07) is 18.9. The van der Waals surface area contributed by atoms with Gasteiger partial charge in [0.15, 0.2) is 0 Å². The minimum atomic E-state index is -0.186. The van der Waals surface area contributed by atoms with Gasteiger partial charge in [0.2, 0.25) is 17.7 Å². The molecule has 0 unspecified atom stereocenters. The Morgan fingerprint density at radius 1 is 1.07 bits per heavy atom. The van der Waals surface area contributed by atoms with Crippen LogP contribution in [-0.2, 0) is 22.6 Å². The number of carbonyl (C=O) groups excluding carboxylic acids is 2. The van der Waals surface area contributed by atoms with Crippen molar-refractivity contribution in [1.29, 1.82) is 0 Å². The zero-order chi connectivity index (χ0) is 20.9. The molecule has 2 amide bonds. The molecular weight excluding hydrogens is 378 g/mol. The Kier molecular flexibility index (Phi) is 5.75. The Bertz CT molecular complexity index is 1080. The van der Waals surface area contributed by atoms with E-state index in [0.29, 0.717) is 23.9 Å². The van der Waals surface area contributed by atoms with E-state index < -0.39 is 0 Å². The lowest BCUT2D eigenvalue weighted by Gasteiger charge is -2.21. The first kappa shape index (κ1) is 19.6. The van der Waals surface area contributed by atoms with Crippen LogP contribution < -0.4 is 15.0 Å². The molecule has 0 aliphatic carbocycles. The molecule has 152 valence electrons. The zero-order valence-electron chi connectivity index (χ0n) is 16.8. The van der Waals surface area contributed by atoms with Crippen molar-refractivity contribution in [1.82, 2.24) is 4.98 Å². The van der Waals surface area contributed by atoms with Crippen molar-refractivity contribution in [3.63, 3.8) is 0 Å². The summed E-state index contributed by atoms with van der Waals surface area (Å²) in [5.74, 6) is 0.731. The van der Waals surface area contributed by atoms with E-state index in [4.69, 9.17) is 4.74 Å². The second kappa shape index (κ2) is 8.78. The Hall–Kier alpha value is -3.67. The predicted octanol–water partition coefficient (Wildman–Crippen LogP) is 4.70. The maximum absolute atomic E-state index is 13.0. The van der Waals surface area contributed by atoms with Gasteiger partial charge >= 0.3 is 0 Å². The van der Waals surface area contributed by atoms with Gasteiger partial charge in [-0.25, -0.2) is 4.98 Å². The molecule has 1 N–H and O–H groups in total. The maximum atomic E-state index is 13.0. The second-order valence-corrected chi connectivity index (χ2v) is 7.12. The molecule has 30 heavy (non-hydrogen) atoms. The van der Waals surface area contributed by atoms with Crippen LogP contribution in [0.5, 0.6) is 11.6 Å². The van der Waals surface area contributed by atoms with Gasteiger partial charge in [-0.15, -0.1) is 0 Å². The van der Waals surface area contributed by atoms with E-state index in [2.05, 4.69) is 17.2 Å². The highest BCUT2D eigenvalue weighted by atomic mass is 16.5. The largest absolute Gasteiger partial charge is 0.437 e. The molecule has 1 aromatic heterocycles. The molecule has 0 fully saturated rings. The van der Waals surface area contributed by atoms with Gasteiger partial charge in [-0.2, -0.15) is 0 Å². The first-order valence-corrected chi connectivity index (χ1v) is 10.0. The second-order valence-electron chi connectivity index (χ2n) is 7.12. The summed E-state index contributed by atoms with van der Waals surface area (Å²) in [7, 11) is 0. The Morgan fingerprint density at radius 3 is 2.80 bits per heavy atom. The quantitative estimate of drug-likeness (QED) is 0.673. The van der Waals surface area contributed by atoms with Crippen LogP contribution in [0.2, 0.25) is 0 Å². The highest BCUT2D eigenvalue weighted by Gasteiger charge is 2.26. The van der Waals surface area contributed by atoms with E-state index in [1.54, 1.807) is 17.2 Å². The fourth-order valence-electron chi connectivity index (χ4n) is 3.43. The lowest BCUT2D eigenvalue weighted by atomic mass is 10.1. The number of pyridine rings is 1. The third kappa shape index (κ3) is 4.33. The van der Waals surface area contributed by atoms with Gasteiger partial charge < -0.3 is 15.0 Å². The highest BCUT2D eigenvalue weighted by molar-refractivity contribution is 5.99. The Balaban J connectivity index is 1.46. The number of fused-ring (bicyclic) bond motifs is 2. The lowest BCUT2D eigenvalue weighted by Crippen LogP contribution is -2.30. The number of nitrogens with one attached hydrogen (secondary N) is 1. The molecular formula is C24H23N3O3. The molecule has 0 spiro atoms. The van der Waals surface area contributed by atoms with Crippen LogP contribution in [0.25, 0.3) is 0 Å². The van der Waals surface area contributed by atoms with E-state index in [1.807, 2.05) is 54.6 Å². The van der Waals surface area contributed by atoms with Gasteiger partial charge in [0.1, 0.15) is 11.4 Å². The van der Waals surface area contributed by atoms with Crippen LogP contribution in [0.3, 0.4) is 0 Å². The number of aromatic nitrogens is 1. The van der Waals surface area contributed by atoms with E-state index in [-0.39, 0.29) is 24.7 Å². The molecule has 0 radical (unpaired) electrons. The number of aryl methyl sites for hydroxylation is 1. The third-order valence-electron chi connectivity index (χ3n) is 5.04. The molecule has 0 saturated heterocycles. The van der Waals surface area contributed by atoms with Crippen molar-refractivity contribution >= 4 is 23.2 Å². The Labute approximate surface area is 175 Å². The average Bonchev–Trinajstić information content (AvgIpc) is 2.94. The summed E-state index contributed by atoms with van der Waals surface area (Å²) >= 11 is 0. The summed E-state index contributed by atoms with van der Waals surface area (Å²) in [6.07, 6.45) is 2.72. The van der Waals surface area contributed by atoms with E-state index in [9.17, 15) is 9.59 Å². The van der Waals surface area contributed by atoms with Crippen molar-refractivity contribution in [2.75, 3.05) is 10.2 Å². The molecule has 0 saturated carbocycles. The zero-order valence-corrected chi connectivity index (χ0v) is 16.8. The fraction of sp³-hybridized carbons (Fsp3) is 0.208. The summed E-state index contributed by atoms with van der Waals surface area (Å²) in [6.45, 7) is 2.43. The summed E-state index contributed by atoms with van der Waals surface area (Å²) in [5.41, 5.74) is 3.40. The molecule has 6 heteroatoms. The number of benzene rings is 2.